The maximum absolute atomic E-state index is 4.53. The maximum Gasteiger partial charge on any atom is 0.142 e. The van der Waals surface area contributed by atoms with Crippen LogP contribution < -0.4 is 5.32 Å². The molecule has 1 aromatic carbocycles. The molecule has 2 heterocycles. The second-order valence-corrected chi connectivity index (χ2v) is 7.20. The quantitative estimate of drug-likeness (QED) is 0.680. The lowest BCUT2D eigenvalue weighted by atomic mass is 9.97. The zero-order valence-electron chi connectivity index (χ0n) is 13.3. The van der Waals surface area contributed by atoms with E-state index in [1.165, 1.54) is 46.2 Å². The number of aromatic nitrogens is 2. The summed E-state index contributed by atoms with van der Waals surface area (Å²) in [5, 5.41) is 4.76. The van der Waals surface area contributed by atoms with Crippen molar-refractivity contribution in [1.82, 2.24) is 9.97 Å². The van der Waals surface area contributed by atoms with Gasteiger partial charge in [0, 0.05) is 10.6 Å². The van der Waals surface area contributed by atoms with Crippen LogP contribution in [0.2, 0.25) is 0 Å². The Bertz CT molecular complexity index is 837. The summed E-state index contributed by atoms with van der Waals surface area (Å²) in [4.78, 5) is 11.6. The first kappa shape index (κ1) is 16.2. The molecular weight excluding hydrogens is 326 g/mol. The second kappa shape index (κ2) is 6.46. The normalized spacial score (nSPS) is 13.5. The highest BCUT2D eigenvalue weighted by Gasteiger charge is 2.19. The number of halogens is 1. The van der Waals surface area contributed by atoms with Gasteiger partial charge in [0.2, 0.25) is 0 Å². The van der Waals surface area contributed by atoms with Crippen molar-refractivity contribution in [1.29, 1.82) is 0 Å². The Hall–Kier alpha value is -1.65. The van der Waals surface area contributed by atoms with E-state index in [4.69, 9.17) is 0 Å². The fourth-order valence-corrected chi connectivity index (χ4v) is 4.60. The van der Waals surface area contributed by atoms with Gasteiger partial charge >= 0.3 is 0 Å². The number of hydrogen-bond donors (Lipinski definition) is 1. The maximum atomic E-state index is 4.53. The van der Waals surface area contributed by atoms with Crippen molar-refractivity contribution in [2.75, 3.05) is 5.32 Å². The molecule has 0 aliphatic heterocycles. The molecule has 4 rings (SSSR count). The monoisotopic (exact) mass is 345 g/mol. The minimum Gasteiger partial charge on any atom is -0.340 e. The van der Waals surface area contributed by atoms with Crippen LogP contribution in [0.3, 0.4) is 0 Å². The third kappa shape index (κ3) is 3.06. The minimum absolute atomic E-state index is 0. The molecule has 23 heavy (non-hydrogen) atoms. The van der Waals surface area contributed by atoms with Crippen molar-refractivity contribution in [2.45, 2.75) is 39.5 Å². The fourth-order valence-electron chi connectivity index (χ4n) is 3.37. The van der Waals surface area contributed by atoms with Crippen LogP contribution in [0.1, 0.15) is 34.4 Å². The van der Waals surface area contributed by atoms with Crippen LogP contribution in [0.15, 0.2) is 24.5 Å². The number of fused-ring (bicyclic) bond motifs is 3. The van der Waals surface area contributed by atoms with Gasteiger partial charge in [0.25, 0.3) is 0 Å². The van der Waals surface area contributed by atoms with Gasteiger partial charge in [0.15, 0.2) is 0 Å². The Labute approximate surface area is 146 Å². The van der Waals surface area contributed by atoms with Crippen LogP contribution in [0.4, 0.5) is 11.5 Å². The van der Waals surface area contributed by atoms with E-state index < -0.39 is 0 Å². The largest absolute Gasteiger partial charge is 0.340 e. The summed E-state index contributed by atoms with van der Waals surface area (Å²) in [6, 6.07) is 6.52. The van der Waals surface area contributed by atoms with E-state index in [0.717, 1.165) is 22.8 Å². The fraction of sp³-hybridized carbons (Fsp3) is 0.333. The molecular formula is C18H20ClN3S. The van der Waals surface area contributed by atoms with E-state index >= 15 is 0 Å². The van der Waals surface area contributed by atoms with Crippen molar-refractivity contribution in [2.24, 2.45) is 0 Å². The third-order valence-corrected chi connectivity index (χ3v) is 5.44. The molecule has 1 aliphatic rings. The van der Waals surface area contributed by atoms with Gasteiger partial charge in [-0.2, -0.15) is 0 Å². The van der Waals surface area contributed by atoms with Crippen LogP contribution in [-0.2, 0) is 12.8 Å². The second-order valence-electron chi connectivity index (χ2n) is 6.11. The molecule has 0 spiro atoms. The molecule has 5 heteroatoms. The van der Waals surface area contributed by atoms with Crippen LogP contribution >= 0.6 is 23.7 Å². The van der Waals surface area contributed by atoms with Gasteiger partial charge in [-0.1, -0.05) is 6.07 Å². The smallest absolute Gasteiger partial charge is 0.142 e. The van der Waals surface area contributed by atoms with Gasteiger partial charge < -0.3 is 5.32 Å². The lowest BCUT2D eigenvalue weighted by molar-refractivity contribution is 0.700. The van der Waals surface area contributed by atoms with Gasteiger partial charge in [0.1, 0.15) is 17.0 Å². The van der Waals surface area contributed by atoms with E-state index in [9.17, 15) is 0 Å². The number of anilines is 2. The Kier molecular flexibility index (Phi) is 4.55. The van der Waals surface area contributed by atoms with Gasteiger partial charge in [-0.3, -0.25) is 0 Å². The molecule has 0 fully saturated rings. The van der Waals surface area contributed by atoms with Crippen LogP contribution in [0.5, 0.6) is 0 Å². The number of hydrogen-bond acceptors (Lipinski definition) is 4. The van der Waals surface area contributed by atoms with Gasteiger partial charge in [-0.25, -0.2) is 9.97 Å². The first-order chi connectivity index (χ1) is 10.7. The summed E-state index contributed by atoms with van der Waals surface area (Å²) >= 11 is 1.84. The molecule has 2 aromatic heterocycles. The van der Waals surface area contributed by atoms with Crippen molar-refractivity contribution < 1.29 is 0 Å². The number of thiophene rings is 1. The summed E-state index contributed by atoms with van der Waals surface area (Å²) < 4.78 is 0. The Balaban J connectivity index is 0.00000156. The number of rotatable bonds is 2. The van der Waals surface area contributed by atoms with E-state index in [-0.39, 0.29) is 12.4 Å². The van der Waals surface area contributed by atoms with E-state index in [0.29, 0.717) is 0 Å². The molecule has 0 radical (unpaired) electrons. The lowest BCUT2D eigenvalue weighted by Gasteiger charge is -2.13. The number of nitrogens with one attached hydrogen (secondary N) is 1. The lowest BCUT2D eigenvalue weighted by Crippen LogP contribution is -2.01. The average Bonchev–Trinajstić information content (AvgIpc) is 2.85. The molecule has 0 saturated carbocycles. The van der Waals surface area contributed by atoms with Gasteiger partial charge in [-0.15, -0.1) is 23.7 Å². The van der Waals surface area contributed by atoms with Crippen molar-refractivity contribution in [3.63, 3.8) is 0 Å². The highest BCUT2D eigenvalue weighted by molar-refractivity contribution is 7.19. The Morgan fingerprint density at radius 2 is 1.74 bits per heavy atom. The predicted octanol–water partition coefficient (Wildman–Crippen LogP) is 5.35. The molecule has 1 aliphatic carbocycles. The summed E-state index contributed by atoms with van der Waals surface area (Å²) in [5.74, 6) is 0.953. The number of aryl methyl sites for hydroxylation is 4. The SMILES string of the molecule is Cc1cc(C)cc(Nc2ncnc3sc4c(c23)CCCC4)c1.Cl. The molecule has 1 N–H and O–H groups in total. The third-order valence-electron chi connectivity index (χ3n) is 4.24. The zero-order chi connectivity index (χ0) is 15.1. The zero-order valence-corrected chi connectivity index (χ0v) is 15.0. The van der Waals surface area contributed by atoms with E-state index in [1.807, 2.05) is 11.3 Å². The summed E-state index contributed by atoms with van der Waals surface area (Å²) in [6.07, 6.45) is 6.60. The molecule has 0 bridgehead atoms. The van der Waals surface area contributed by atoms with Crippen LogP contribution in [-0.4, -0.2) is 9.97 Å². The summed E-state index contributed by atoms with van der Waals surface area (Å²) in [5.41, 5.74) is 5.10. The Morgan fingerprint density at radius 1 is 1.00 bits per heavy atom. The highest BCUT2D eigenvalue weighted by atomic mass is 35.5. The van der Waals surface area contributed by atoms with Crippen LogP contribution in [0, 0.1) is 13.8 Å². The molecule has 0 atom stereocenters. The van der Waals surface area contributed by atoms with Gasteiger partial charge in [0.05, 0.1) is 5.39 Å². The molecule has 3 aromatic rings. The molecule has 3 nitrogen and oxygen atoms in total. The van der Waals surface area contributed by atoms with Crippen LogP contribution in [0.25, 0.3) is 10.2 Å². The number of benzene rings is 1. The highest BCUT2D eigenvalue weighted by Crippen LogP contribution is 2.38. The van der Waals surface area contributed by atoms with Crippen molar-refractivity contribution in [3.05, 3.63) is 46.1 Å². The molecule has 0 unspecified atom stereocenters. The average molecular weight is 346 g/mol. The first-order valence-corrected chi connectivity index (χ1v) is 8.63. The topological polar surface area (TPSA) is 37.8 Å². The molecule has 120 valence electrons. The first-order valence-electron chi connectivity index (χ1n) is 7.81. The predicted molar refractivity (Wildman–Crippen MR) is 101 cm³/mol. The van der Waals surface area contributed by atoms with Crippen molar-refractivity contribution >= 4 is 45.5 Å². The van der Waals surface area contributed by atoms with E-state index in [2.05, 4.69) is 47.3 Å². The number of nitrogens with zero attached hydrogens (tertiary/aromatic N) is 2. The summed E-state index contributed by atoms with van der Waals surface area (Å²) in [6.45, 7) is 4.25. The Morgan fingerprint density at radius 3 is 2.52 bits per heavy atom. The minimum atomic E-state index is 0. The van der Waals surface area contributed by atoms with Crippen molar-refractivity contribution in [3.8, 4) is 0 Å². The van der Waals surface area contributed by atoms with Gasteiger partial charge in [-0.05, 0) is 68.4 Å². The summed E-state index contributed by atoms with van der Waals surface area (Å²) in [7, 11) is 0. The van der Waals surface area contributed by atoms with E-state index in [1.54, 1.807) is 6.33 Å². The molecule has 0 saturated heterocycles. The molecule has 0 amide bonds. The standard InChI is InChI=1S/C18H19N3S.ClH/c1-11-7-12(2)9-13(8-11)21-17-16-14-5-3-4-6-15(14)22-18(16)20-10-19-17;/h7-10H,3-6H2,1-2H3,(H,19,20,21);1H.